The molecule has 0 unspecified atom stereocenters. The Morgan fingerprint density at radius 3 is 2.64 bits per heavy atom. The molecular weight excluding hydrogens is 368 g/mol. The predicted molar refractivity (Wildman–Crippen MR) is 101 cm³/mol. The van der Waals surface area contributed by atoms with Crippen LogP contribution in [-0.2, 0) is 16.0 Å². The van der Waals surface area contributed by atoms with Gasteiger partial charge < -0.3 is 15.2 Å². The van der Waals surface area contributed by atoms with E-state index in [2.05, 4.69) is 10.4 Å². The monoisotopic (exact) mass is 386 g/mol. The fourth-order valence-corrected chi connectivity index (χ4v) is 2.33. The fourth-order valence-electron chi connectivity index (χ4n) is 2.33. The maximum atomic E-state index is 12.0. The summed E-state index contributed by atoms with van der Waals surface area (Å²) in [6.45, 7) is 1.92. The van der Waals surface area contributed by atoms with Crippen molar-refractivity contribution in [2.75, 3.05) is 12.4 Å². The Kier molecular flexibility index (Phi) is 6.63. The van der Waals surface area contributed by atoms with Crippen LogP contribution < -0.4 is 15.5 Å². The zero-order valence-electron chi connectivity index (χ0n) is 15.1. The molecule has 28 heavy (non-hydrogen) atoms. The number of para-hydroxylation sites is 1. The van der Waals surface area contributed by atoms with E-state index in [-0.39, 0.29) is 11.3 Å². The SMILES string of the molecule is CCc1ccccc1NC(=O)C(=O)N/N=C/c1cc(OC)c(O)c([N+](=O)[O-])c1. The number of hydrogen-bond donors (Lipinski definition) is 3. The number of nitrogens with one attached hydrogen (secondary N) is 2. The van der Waals surface area contributed by atoms with E-state index < -0.39 is 28.2 Å². The van der Waals surface area contributed by atoms with Gasteiger partial charge in [0.05, 0.1) is 18.2 Å². The lowest BCUT2D eigenvalue weighted by Gasteiger charge is -2.08. The second kappa shape index (κ2) is 9.12. The molecule has 2 amide bonds. The molecule has 146 valence electrons. The highest BCUT2D eigenvalue weighted by atomic mass is 16.6. The number of carbonyl (C=O) groups is 2. The summed E-state index contributed by atoms with van der Waals surface area (Å²) in [5, 5.41) is 26.8. The van der Waals surface area contributed by atoms with Crippen LogP contribution >= 0.6 is 0 Å². The second-order valence-electron chi connectivity index (χ2n) is 5.51. The standard InChI is InChI=1S/C18H18N4O6/c1-3-12-6-4-5-7-13(12)20-17(24)18(25)21-19-10-11-8-14(22(26)27)16(23)15(9-11)28-2/h4-10,23H,3H2,1-2H3,(H,20,24)(H,21,25)/b19-10+. The van der Waals surface area contributed by atoms with E-state index >= 15 is 0 Å². The third kappa shape index (κ3) is 4.81. The molecule has 3 N–H and O–H groups in total. The van der Waals surface area contributed by atoms with Gasteiger partial charge in [-0.15, -0.1) is 0 Å². The first-order chi connectivity index (χ1) is 13.4. The third-order valence-corrected chi connectivity index (χ3v) is 3.73. The number of nitro benzene ring substituents is 1. The number of aryl methyl sites for hydroxylation is 1. The van der Waals surface area contributed by atoms with Crippen molar-refractivity contribution < 1.29 is 24.4 Å². The van der Waals surface area contributed by atoms with E-state index in [1.807, 2.05) is 24.5 Å². The lowest BCUT2D eigenvalue weighted by Crippen LogP contribution is -2.32. The summed E-state index contributed by atoms with van der Waals surface area (Å²) in [5.41, 5.74) is 3.02. The first kappa shape index (κ1) is 20.4. The number of carbonyl (C=O) groups excluding carboxylic acids is 2. The lowest BCUT2D eigenvalue weighted by molar-refractivity contribution is -0.386. The van der Waals surface area contributed by atoms with Gasteiger partial charge in [-0.05, 0) is 24.1 Å². The molecule has 0 saturated carbocycles. The van der Waals surface area contributed by atoms with Crippen molar-refractivity contribution >= 4 is 29.4 Å². The molecule has 2 aromatic rings. The molecule has 0 aliphatic carbocycles. The van der Waals surface area contributed by atoms with Crippen molar-refractivity contribution in [1.29, 1.82) is 0 Å². The normalized spacial score (nSPS) is 10.5. The highest BCUT2D eigenvalue weighted by Gasteiger charge is 2.19. The van der Waals surface area contributed by atoms with Crippen LogP contribution in [0.15, 0.2) is 41.5 Å². The summed E-state index contributed by atoms with van der Waals surface area (Å²) in [4.78, 5) is 34.0. The Hall–Kier alpha value is -3.95. The molecule has 0 aromatic heterocycles. The molecule has 10 nitrogen and oxygen atoms in total. The molecule has 0 bridgehead atoms. The maximum absolute atomic E-state index is 12.0. The Labute approximate surface area is 160 Å². The average Bonchev–Trinajstić information content (AvgIpc) is 2.68. The number of phenolic OH excluding ortho intramolecular Hbond substituents is 1. The van der Waals surface area contributed by atoms with E-state index in [0.29, 0.717) is 12.1 Å². The van der Waals surface area contributed by atoms with Gasteiger partial charge in [-0.2, -0.15) is 5.10 Å². The number of hydrazone groups is 1. The molecule has 10 heteroatoms. The molecular formula is C18H18N4O6. The highest BCUT2D eigenvalue weighted by Crippen LogP contribution is 2.36. The minimum Gasteiger partial charge on any atom is -0.500 e. The molecule has 0 saturated heterocycles. The van der Waals surface area contributed by atoms with Crippen LogP contribution in [0, 0.1) is 10.1 Å². The Morgan fingerprint density at radius 1 is 1.29 bits per heavy atom. The summed E-state index contributed by atoms with van der Waals surface area (Å²) in [5.74, 6) is -2.67. The summed E-state index contributed by atoms with van der Waals surface area (Å²) >= 11 is 0. The minimum absolute atomic E-state index is 0.129. The van der Waals surface area contributed by atoms with E-state index in [0.717, 1.165) is 17.8 Å². The van der Waals surface area contributed by atoms with E-state index in [4.69, 9.17) is 4.74 Å². The summed E-state index contributed by atoms with van der Waals surface area (Å²) in [7, 11) is 1.24. The Balaban J connectivity index is 2.08. The minimum atomic E-state index is -1.01. The van der Waals surface area contributed by atoms with Gasteiger partial charge >= 0.3 is 17.5 Å². The van der Waals surface area contributed by atoms with Crippen LogP contribution in [0.4, 0.5) is 11.4 Å². The number of rotatable bonds is 6. The Bertz CT molecular complexity index is 942. The maximum Gasteiger partial charge on any atom is 0.329 e. The van der Waals surface area contributed by atoms with Crippen LogP contribution in [0.1, 0.15) is 18.1 Å². The van der Waals surface area contributed by atoms with Gasteiger partial charge in [-0.3, -0.25) is 19.7 Å². The smallest absolute Gasteiger partial charge is 0.329 e. The van der Waals surface area contributed by atoms with Crippen molar-refractivity contribution in [3.63, 3.8) is 0 Å². The molecule has 0 atom stereocenters. The van der Waals surface area contributed by atoms with Gasteiger partial charge in [0.2, 0.25) is 5.75 Å². The first-order valence-corrected chi connectivity index (χ1v) is 8.15. The number of nitrogens with zero attached hydrogens (tertiary/aromatic N) is 2. The van der Waals surface area contributed by atoms with Crippen LogP contribution in [0.5, 0.6) is 11.5 Å². The summed E-state index contributed by atoms with van der Waals surface area (Å²) in [6, 6.07) is 9.40. The van der Waals surface area contributed by atoms with Crippen molar-refractivity contribution in [2.45, 2.75) is 13.3 Å². The van der Waals surface area contributed by atoms with Gasteiger partial charge in [-0.1, -0.05) is 25.1 Å². The van der Waals surface area contributed by atoms with Crippen molar-refractivity contribution in [3.05, 3.63) is 57.6 Å². The molecule has 0 radical (unpaired) electrons. The molecule has 2 rings (SSSR count). The number of methoxy groups -OCH3 is 1. The number of aromatic hydroxyl groups is 1. The number of amides is 2. The van der Waals surface area contributed by atoms with Gasteiger partial charge in [-0.25, -0.2) is 5.43 Å². The lowest BCUT2D eigenvalue weighted by atomic mass is 10.1. The molecule has 2 aromatic carbocycles. The number of ether oxygens (including phenoxy) is 1. The molecule has 0 heterocycles. The van der Waals surface area contributed by atoms with Gasteiger partial charge in [0.15, 0.2) is 5.75 Å². The van der Waals surface area contributed by atoms with Crippen molar-refractivity contribution in [2.24, 2.45) is 5.10 Å². The average molecular weight is 386 g/mol. The van der Waals surface area contributed by atoms with E-state index in [9.17, 15) is 24.8 Å². The largest absolute Gasteiger partial charge is 0.500 e. The van der Waals surface area contributed by atoms with Crippen LogP contribution in [0.2, 0.25) is 0 Å². The molecule has 0 spiro atoms. The van der Waals surface area contributed by atoms with Crippen LogP contribution in [-0.4, -0.2) is 35.2 Å². The topological polar surface area (TPSA) is 143 Å². The number of nitro groups is 1. The van der Waals surface area contributed by atoms with Gasteiger partial charge in [0.25, 0.3) is 0 Å². The zero-order valence-corrected chi connectivity index (χ0v) is 15.1. The molecule has 0 aliphatic heterocycles. The first-order valence-electron chi connectivity index (χ1n) is 8.15. The quantitative estimate of drug-likeness (QED) is 0.300. The number of benzene rings is 2. The third-order valence-electron chi connectivity index (χ3n) is 3.73. The zero-order chi connectivity index (χ0) is 20.7. The summed E-state index contributed by atoms with van der Waals surface area (Å²) < 4.78 is 4.86. The van der Waals surface area contributed by atoms with Crippen molar-refractivity contribution in [1.82, 2.24) is 5.43 Å². The Morgan fingerprint density at radius 2 is 2.00 bits per heavy atom. The predicted octanol–water partition coefficient (Wildman–Crippen LogP) is 1.96. The molecule has 0 fully saturated rings. The highest BCUT2D eigenvalue weighted by molar-refractivity contribution is 6.39. The second-order valence-corrected chi connectivity index (χ2v) is 5.51. The fraction of sp³-hybridized carbons (Fsp3) is 0.167. The number of anilines is 1. The van der Waals surface area contributed by atoms with E-state index in [1.54, 1.807) is 12.1 Å². The van der Waals surface area contributed by atoms with Crippen molar-refractivity contribution in [3.8, 4) is 11.5 Å². The number of phenols is 1. The molecule has 0 aliphatic rings. The summed E-state index contributed by atoms with van der Waals surface area (Å²) in [6.07, 6.45) is 1.76. The van der Waals surface area contributed by atoms with Crippen LogP contribution in [0.3, 0.4) is 0 Å². The van der Waals surface area contributed by atoms with Crippen LogP contribution in [0.25, 0.3) is 0 Å². The van der Waals surface area contributed by atoms with Gasteiger partial charge in [0.1, 0.15) is 0 Å². The van der Waals surface area contributed by atoms with Gasteiger partial charge in [0, 0.05) is 17.3 Å². The number of hydrogen-bond acceptors (Lipinski definition) is 7. The van der Waals surface area contributed by atoms with E-state index in [1.165, 1.54) is 13.2 Å².